The lowest BCUT2D eigenvalue weighted by Crippen LogP contribution is -2.54. The van der Waals surface area contributed by atoms with E-state index in [0.29, 0.717) is 45.0 Å². The summed E-state index contributed by atoms with van der Waals surface area (Å²) in [6, 6.07) is 3.70. The Morgan fingerprint density at radius 1 is 1.10 bits per heavy atom. The van der Waals surface area contributed by atoms with E-state index in [2.05, 4.69) is 5.16 Å². The number of hydrogen-bond donors (Lipinski definition) is 0. The number of piperidine rings is 1. The first kappa shape index (κ1) is 21.5. The fourth-order valence-corrected chi connectivity index (χ4v) is 5.06. The molecule has 3 amide bonds. The van der Waals surface area contributed by atoms with Gasteiger partial charge in [0.05, 0.1) is 22.9 Å². The van der Waals surface area contributed by atoms with E-state index in [1.165, 1.54) is 11.3 Å². The minimum Gasteiger partial charge on any atom is -0.361 e. The molecule has 31 heavy (non-hydrogen) atoms. The molecule has 166 valence electrons. The lowest BCUT2D eigenvalue weighted by atomic mass is 9.96. The van der Waals surface area contributed by atoms with E-state index < -0.39 is 0 Å². The lowest BCUT2D eigenvalue weighted by molar-refractivity contribution is -0.142. The molecule has 1 atom stereocenters. The minimum atomic E-state index is -0.165. The van der Waals surface area contributed by atoms with Gasteiger partial charge < -0.3 is 19.2 Å². The average molecular weight is 445 g/mol. The smallest absolute Gasteiger partial charge is 0.263 e. The highest BCUT2D eigenvalue weighted by Gasteiger charge is 2.33. The molecule has 2 aliphatic rings. The summed E-state index contributed by atoms with van der Waals surface area (Å²) in [6.07, 6.45) is 1.92. The SMILES string of the molecule is Cc1noc(C)c1CC(=O)N1CCN(C(=O)C2CCCN(C(=O)c3cccs3)C2)CC1. The number of aryl methyl sites for hydroxylation is 2. The second-order valence-corrected chi connectivity index (χ2v) is 9.20. The molecule has 9 heteroatoms. The third-order valence-electron chi connectivity index (χ3n) is 6.24. The fourth-order valence-electron chi connectivity index (χ4n) is 4.37. The zero-order valence-corrected chi connectivity index (χ0v) is 18.8. The van der Waals surface area contributed by atoms with Crippen LogP contribution in [0.3, 0.4) is 0 Å². The fraction of sp³-hybridized carbons (Fsp3) is 0.545. The molecule has 8 nitrogen and oxygen atoms in total. The molecule has 2 aromatic rings. The molecule has 0 aromatic carbocycles. The average Bonchev–Trinajstić information content (AvgIpc) is 3.44. The maximum atomic E-state index is 13.1. The van der Waals surface area contributed by atoms with Crippen LogP contribution in [0.25, 0.3) is 0 Å². The molecule has 2 fully saturated rings. The van der Waals surface area contributed by atoms with Crippen LogP contribution in [0, 0.1) is 19.8 Å². The van der Waals surface area contributed by atoms with Crippen molar-refractivity contribution in [3.8, 4) is 0 Å². The molecule has 4 rings (SSSR count). The number of carbonyl (C=O) groups is 3. The van der Waals surface area contributed by atoms with Crippen molar-refractivity contribution in [1.82, 2.24) is 19.9 Å². The van der Waals surface area contributed by atoms with Gasteiger partial charge in [-0.2, -0.15) is 0 Å². The Labute approximate surface area is 185 Å². The van der Waals surface area contributed by atoms with Crippen molar-refractivity contribution in [2.45, 2.75) is 33.1 Å². The second-order valence-electron chi connectivity index (χ2n) is 8.25. The molecule has 1 unspecified atom stereocenters. The van der Waals surface area contributed by atoms with E-state index in [1.807, 2.05) is 41.2 Å². The predicted molar refractivity (Wildman–Crippen MR) is 116 cm³/mol. The van der Waals surface area contributed by atoms with Gasteiger partial charge in [-0.25, -0.2) is 0 Å². The van der Waals surface area contributed by atoms with Crippen LogP contribution >= 0.6 is 11.3 Å². The normalized spacial score (nSPS) is 19.5. The van der Waals surface area contributed by atoms with Gasteiger partial charge in [-0.3, -0.25) is 14.4 Å². The number of aromatic nitrogens is 1. The molecular formula is C22H28N4O4S. The number of nitrogens with zero attached hydrogens (tertiary/aromatic N) is 4. The van der Waals surface area contributed by atoms with Gasteiger partial charge in [0.1, 0.15) is 5.76 Å². The number of rotatable bonds is 4. The summed E-state index contributed by atoms with van der Waals surface area (Å²) < 4.78 is 5.15. The van der Waals surface area contributed by atoms with Gasteiger partial charge in [0, 0.05) is 44.8 Å². The van der Waals surface area contributed by atoms with E-state index in [9.17, 15) is 14.4 Å². The Hall–Kier alpha value is -2.68. The molecule has 0 saturated carbocycles. The van der Waals surface area contributed by atoms with Crippen LogP contribution in [-0.4, -0.2) is 76.8 Å². The molecule has 4 heterocycles. The van der Waals surface area contributed by atoms with Gasteiger partial charge in [0.25, 0.3) is 5.91 Å². The van der Waals surface area contributed by atoms with Crippen molar-refractivity contribution >= 4 is 29.1 Å². The highest BCUT2D eigenvalue weighted by atomic mass is 32.1. The monoisotopic (exact) mass is 444 g/mol. The van der Waals surface area contributed by atoms with Gasteiger partial charge in [-0.15, -0.1) is 11.3 Å². The van der Waals surface area contributed by atoms with Gasteiger partial charge >= 0.3 is 0 Å². The predicted octanol–water partition coefficient (Wildman–Crippen LogP) is 2.12. The van der Waals surface area contributed by atoms with Crippen molar-refractivity contribution in [1.29, 1.82) is 0 Å². The zero-order valence-electron chi connectivity index (χ0n) is 18.0. The first-order chi connectivity index (χ1) is 14.9. The van der Waals surface area contributed by atoms with E-state index in [1.54, 1.807) is 4.90 Å². The molecule has 2 aliphatic heterocycles. The lowest BCUT2D eigenvalue weighted by Gasteiger charge is -2.39. The Balaban J connectivity index is 1.29. The van der Waals surface area contributed by atoms with Crippen molar-refractivity contribution in [2.75, 3.05) is 39.3 Å². The van der Waals surface area contributed by atoms with Gasteiger partial charge in [0.15, 0.2) is 0 Å². The maximum Gasteiger partial charge on any atom is 0.263 e. The van der Waals surface area contributed by atoms with Crippen molar-refractivity contribution in [2.24, 2.45) is 5.92 Å². The first-order valence-electron chi connectivity index (χ1n) is 10.7. The number of amides is 3. The Morgan fingerprint density at radius 3 is 2.48 bits per heavy atom. The third kappa shape index (κ3) is 4.66. The summed E-state index contributed by atoms with van der Waals surface area (Å²) in [4.78, 5) is 44.6. The molecule has 0 aliphatic carbocycles. The summed E-state index contributed by atoms with van der Waals surface area (Å²) in [5.41, 5.74) is 1.60. The highest BCUT2D eigenvalue weighted by molar-refractivity contribution is 7.12. The summed E-state index contributed by atoms with van der Waals surface area (Å²) in [6.45, 7) is 6.94. The minimum absolute atomic E-state index is 0.0160. The van der Waals surface area contributed by atoms with E-state index in [4.69, 9.17) is 4.52 Å². The molecule has 0 radical (unpaired) electrons. The van der Waals surface area contributed by atoms with E-state index >= 15 is 0 Å². The van der Waals surface area contributed by atoms with Crippen LogP contribution in [0.5, 0.6) is 0 Å². The molecule has 0 N–H and O–H groups in total. The largest absolute Gasteiger partial charge is 0.361 e. The Bertz CT molecular complexity index is 927. The van der Waals surface area contributed by atoms with E-state index in [-0.39, 0.29) is 30.1 Å². The summed E-state index contributed by atoms with van der Waals surface area (Å²) in [7, 11) is 0. The first-order valence-corrected chi connectivity index (χ1v) is 11.6. The quantitative estimate of drug-likeness (QED) is 0.721. The van der Waals surface area contributed by atoms with Crippen LogP contribution in [0.1, 0.15) is 39.5 Å². The van der Waals surface area contributed by atoms with Crippen LogP contribution in [0.15, 0.2) is 22.0 Å². The number of thiophene rings is 1. The van der Waals surface area contributed by atoms with Crippen molar-refractivity contribution in [3.05, 3.63) is 39.4 Å². The standard InChI is InChI=1S/C22H28N4O4S/c1-15-18(16(2)30-23-15)13-20(27)24-8-10-25(11-9-24)21(28)17-5-3-7-26(14-17)22(29)19-6-4-12-31-19/h4,6,12,17H,3,5,7-11,13-14H2,1-2H3. The van der Waals surface area contributed by atoms with Crippen LogP contribution in [0.4, 0.5) is 0 Å². The van der Waals surface area contributed by atoms with Gasteiger partial charge in [0.2, 0.25) is 11.8 Å². The maximum absolute atomic E-state index is 13.1. The van der Waals surface area contributed by atoms with Crippen molar-refractivity contribution < 1.29 is 18.9 Å². The Morgan fingerprint density at radius 2 is 1.84 bits per heavy atom. The van der Waals surface area contributed by atoms with Crippen molar-refractivity contribution in [3.63, 3.8) is 0 Å². The number of hydrogen-bond acceptors (Lipinski definition) is 6. The van der Waals surface area contributed by atoms with Crippen LogP contribution in [-0.2, 0) is 16.0 Å². The summed E-state index contributed by atoms with van der Waals surface area (Å²) >= 11 is 1.43. The zero-order chi connectivity index (χ0) is 22.0. The van der Waals surface area contributed by atoms with Gasteiger partial charge in [-0.1, -0.05) is 11.2 Å². The Kier molecular flexibility index (Phi) is 6.41. The highest BCUT2D eigenvalue weighted by Crippen LogP contribution is 2.23. The van der Waals surface area contributed by atoms with E-state index in [0.717, 1.165) is 29.0 Å². The molecular weight excluding hydrogens is 416 g/mol. The van der Waals surface area contributed by atoms with Gasteiger partial charge in [-0.05, 0) is 38.1 Å². The second kappa shape index (κ2) is 9.21. The van der Waals surface area contributed by atoms with Crippen LogP contribution in [0.2, 0.25) is 0 Å². The number of piperazine rings is 1. The molecule has 0 spiro atoms. The molecule has 2 saturated heterocycles. The summed E-state index contributed by atoms with van der Waals surface area (Å²) in [5, 5.41) is 5.81. The topological polar surface area (TPSA) is 87.0 Å². The number of likely N-dealkylation sites (tertiary alicyclic amines) is 1. The van der Waals surface area contributed by atoms with Crippen LogP contribution < -0.4 is 0 Å². The number of carbonyl (C=O) groups excluding carboxylic acids is 3. The summed E-state index contributed by atoms with van der Waals surface area (Å²) in [5.74, 6) is 0.663. The third-order valence-corrected chi connectivity index (χ3v) is 7.10. The molecule has 0 bridgehead atoms. The molecule has 2 aromatic heterocycles.